The summed E-state index contributed by atoms with van der Waals surface area (Å²) >= 11 is 0. The molecule has 3 heterocycles. The maximum atomic E-state index is 13.0. The van der Waals surface area contributed by atoms with Crippen LogP contribution < -0.4 is 16.0 Å². The van der Waals surface area contributed by atoms with E-state index in [9.17, 15) is 14.4 Å². The molecule has 1 unspecified atom stereocenters. The smallest absolute Gasteiger partial charge is 0.255 e. The van der Waals surface area contributed by atoms with Crippen molar-refractivity contribution in [1.82, 2.24) is 20.9 Å². The van der Waals surface area contributed by atoms with E-state index in [4.69, 9.17) is 4.74 Å². The van der Waals surface area contributed by atoms with Crippen LogP contribution in [0.3, 0.4) is 0 Å². The zero-order valence-corrected chi connectivity index (χ0v) is 17.7. The van der Waals surface area contributed by atoms with Gasteiger partial charge < -0.3 is 20.3 Å². The first kappa shape index (κ1) is 20.6. The molecule has 8 heteroatoms. The largest absolute Gasteiger partial charge is 0.372 e. The molecule has 166 valence electrons. The van der Waals surface area contributed by atoms with Crippen molar-refractivity contribution in [3.8, 4) is 0 Å². The van der Waals surface area contributed by atoms with Gasteiger partial charge in [-0.25, -0.2) is 0 Å². The molecule has 31 heavy (non-hydrogen) atoms. The minimum absolute atomic E-state index is 0.0132. The SMILES string of the molecule is O=C1CCC(N2Cc3c(CNC4CCC5(CC4)CNCCO5)cccc3C2=O)C(=O)N1. The van der Waals surface area contributed by atoms with E-state index in [-0.39, 0.29) is 29.7 Å². The number of piperidine rings is 1. The Morgan fingerprint density at radius 2 is 2.00 bits per heavy atom. The maximum Gasteiger partial charge on any atom is 0.255 e. The Kier molecular flexibility index (Phi) is 5.54. The Morgan fingerprint density at radius 3 is 2.74 bits per heavy atom. The fraction of sp³-hybridized carbons (Fsp3) is 0.609. The van der Waals surface area contributed by atoms with Crippen molar-refractivity contribution in [3.05, 3.63) is 34.9 Å². The van der Waals surface area contributed by atoms with Crippen molar-refractivity contribution in [2.24, 2.45) is 0 Å². The highest BCUT2D eigenvalue weighted by Crippen LogP contribution is 2.33. The molecule has 3 fully saturated rings. The van der Waals surface area contributed by atoms with Gasteiger partial charge in [-0.2, -0.15) is 0 Å². The highest BCUT2D eigenvalue weighted by atomic mass is 16.5. The third kappa shape index (κ3) is 4.00. The molecule has 1 aromatic rings. The molecule has 1 saturated carbocycles. The van der Waals surface area contributed by atoms with E-state index < -0.39 is 6.04 Å². The second-order valence-corrected chi connectivity index (χ2v) is 9.21. The molecule has 1 aromatic carbocycles. The Labute approximate surface area is 182 Å². The summed E-state index contributed by atoms with van der Waals surface area (Å²) in [6.45, 7) is 3.81. The molecule has 5 rings (SSSR count). The Morgan fingerprint density at radius 1 is 1.16 bits per heavy atom. The van der Waals surface area contributed by atoms with E-state index in [2.05, 4.69) is 22.0 Å². The van der Waals surface area contributed by atoms with Gasteiger partial charge in [-0.1, -0.05) is 12.1 Å². The first-order valence-electron chi connectivity index (χ1n) is 11.4. The average Bonchev–Trinajstić information content (AvgIpc) is 3.11. The van der Waals surface area contributed by atoms with Crippen molar-refractivity contribution in [2.75, 3.05) is 19.7 Å². The fourth-order valence-corrected chi connectivity index (χ4v) is 5.45. The van der Waals surface area contributed by atoms with Crippen LogP contribution in [0.2, 0.25) is 0 Å². The number of hydrogen-bond acceptors (Lipinski definition) is 6. The number of nitrogens with one attached hydrogen (secondary N) is 3. The molecule has 3 N–H and O–H groups in total. The van der Waals surface area contributed by atoms with Gasteiger partial charge in [0.2, 0.25) is 11.8 Å². The lowest BCUT2D eigenvalue weighted by Gasteiger charge is -2.43. The molecule has 0 aromatic heterocycles. The van der Waals surface area contributed by atoms with Crippen LogP contribution in [0.1, 0.15) is 60.0 Å². The highest BCUT2D eigenvalue weighted by Gasteiger charge is 2.40. The predicted octanol–water partition coefficient (Wildman–Crippen LogP) is 0.838. The van der Waals surface area contributed by atoms with Gasteiger partial charge in [-0.05, 0) is 49.3 Å². The van der Waals surface area contributed by atoms with Gasteiger partial charge in [-0.15, -0.1) is 0 Å². The second-order valence-electron chi connectivity index (χ2n) is 9.21. The van der Waals surface area contributed by atoms with Crippen molar-refractivity contribution in [1.29, 1.82) is 0 Å². The molecule has 8 nitrogen and oxygen atoms in total. The molecule has 2 saturated heterocycles. The van der Waals surface area contributed by atoms with Gasteiger partial charge >= 0.3 is 0 Å². The summed E-state index contributed by atoms with van der Waals surface area (Å²) in [5, 5.41) is 9.50. The van der Waals surface area contributed by atoms with E-state index in [1.807, 2.05) is 12.1 Å². The number of fused-ring (bicyclic) bond motifs is 1. The molecular formula is C23H30N4O4. The minimum Gasteiger partial charge on any atom is -0.372 e. The van der Waals surface area contributed by atoms with Crippen LogP contribution in [0.4, 0.5) is 0 Å². The summed E-state index contributed by atoms with van der Waals surface area (Å²) in [7, 11) is 0. The van der Waals surface area contributed by atoms with Crippen LogP contribution in [-0.4, -0.2) is 60.0 Å². The number of carbonyl (C=O) groups is 3. The van der Waals surface area contributed by atoms with Gasteiger partial charge in [0, 0.05) is 44.2 Å². The Bertz CT molecular complexity index is 886. The number of rotatable bonds is 4. The number of ether oxygens (including phenoxy) is 1. The Balaban J connectivity index is 1.22. The van der Waals surface area contributed by atoms with Crippen molar-refractivity contribution in [3.63, 3.8) is 0 Å². The highest BCUT2D eigenvalue weighted by molar-refractivity contribution is 6.05. The summed E-state index contributed by atoms with van der Waals surface area (Å²) in [4.78, 5) is 38.3. The minimum atomic E-state index is -0.572. The number of benzene rings is 1. The van der Waals surface area contributed by atoms with Crippen LogP contribution in [-0.2, 0) is 27.4 Å². The summed E-state index contributed by atoms with van der Waals surface area (Å²) < 4.78 is 6.09. The van der Waals surface area contributed by atoms with Gasteiger partial charge in [0.1, 0.15) is 6.04 Å². The first-order chi connectivity index (χ1) is 15.0. The number of imide groups is 1. The Hall–Kier alpha value is -2.29. The lowest BCUT2D eigenvalue weighted by atomic mass is 9.81. The first-order valence-corrected chi connectivity index (χ1v) is 11.4. The normalized spacial score (nSPS) is 31.1. The second kappa shape index (κ2) is 8.33. The van der Waals surface area contributed by atoms with E-state index in [0.29, 0.717) is 31.1 Å². The molecule has 1 spiro atoms. The zero-order chi connectivity index (χ0) is 21.4. The number of amides is 3. The van der Waals surface area contributed by atoms with Crippen LogP contribution in [0, 0.1) is 0 Å². The maximum absolute atomic E-state index is 13.0. The lowest BCUT2D eigenvalue weighted by molar-refractivity contribution is -0.136. The summed E-state index contributed by atoms with van der Waals surface area (Å²) in [5.41, 5.74) is 2.79. The van der Waals surface area contributed by atoms with Gasteiger partial charge in [0.25, 0.3) is 5.91 Å². The van der Waals surface area contributed by atoms with Crippen LogP contribution in [0.25, 0.3) is 0 Å². The number of carbonyl (C=O) groups excluding carboxylic acids is 3. The van der Waals surface area contributed by atoms with Crippen LogP contribution >= 0.6 is 0 Å². The lowest BCUT2D eigenvalue weighted by Crippen LogP contribution is -2.53. The van der Waals surface area contributed by atoms with E-state index in [1.54, 1.807) is 4.90 Å². The number of hydrogen-bond donors (Lipinski definition) is 3. The standard InChI is InChI=1S/C23H30N4O4/c28-20-5-4-19(21(29)26-20)27-13-18-15(2-1-3-17(18)22(27)30)12-25-16-6-8-23(9-7-16)14-24-10-11-31-23/h1-3,16,19,24-25H,4-14H2,(H,26,28,29). The topological polar surface area (TPSA) is 99.8 Å². The predicted molar refractivity (Wildman–Crippen MR) is 113 cm³/mol. The third-order valence-electron chi connectivity index (χ3n) is 7.29. The fourth-order valence-electron chi connectivity index (χ4n) is 5.45. The monoisotopic (exact) mass is 426 g/mol. The van der Waals surface area contributed by atoms with Crippen molar-refractivity contribution in [2.45, 2.75) is 69.3 Å². The molecule has 1 aliphatic carbocycles. The van der Waals surface area contributed by atoms with E-state index in [0.717, 1.165) is 56.5 Å². The number of nitrogens with zero attached hydrogens (tertiary/aromatic N) is 1. The van der Waals surface area contributed by atoms with Gasteiger partial charge in [0.15, 0.2) is 0 Å². The molecule has 4 aliphatic rings. The molecule has 1 atom stereocenters. The molecule has 0 bridgehead atoms. The van der Waals surface area contributed by atoms with Crippen LogP contribution in [0.15, 0.2) is 18.2 Å². The van der Waals surface area contributed by atoms with Gasteiger partial charge in [0.05, 0.1) is 12.2 Å². The van der Waals surface area contributed by atoms with Gasteiger partial charge in [-0.3, -0.25) is 19.7 Å². The molecule has 3 aliphatic heterocycles. The summed E-state index contributed by atoms with van der Waals surface area (Å²) in [5.74, 6) is -0.750. The van der Waals surface area contributed by atoms with Crippen LogP contribution in [0.5, 0.6) is 0 Å². The average molecular weight is 427 g/mol. The number of morpholine rings is 1. The van der Waals surface area contributed by atoms with E-state index >= 15 is 0 Å². The third-order valence-corrected chi connectivity index (χ3v) is 7.29. The molecular weight excluding hydrogens is 396 g/mol. The van der Waals surface area contributed by atoms with Crippen molar-refractivity contribution >= 4 is 17.7 Å². The van der Waals surface area contributed by atoms with E-state index in [1.165, 1.54) is 0 Å². The summed E-state index contributed by atoms with van der Waals surface area (Å²) in [6.07, 6.45) is 4.95. The van der Waals surface area contributed by atoms with Crippen molar-refractivity contribution < 1.29 is 19.1 Å². The summed E-state index contributed by atoms with van der Waals surface area (Å²) in [6, 6.07) is 5.68. The molecule has 3 amide bonds. The quantitative estimate of drug-likeness (QED) is 0.617. The zero-order valence-electron chi connectivity index (χ0n) is 17.7. The molecule has 0 radical (unpaired) electrons.